The van der Waals surface area contributed by atoms with Crippen LogP contribution in [0.15, 0.2) is 45.6 Å². The molecule has 15 heteroatoms. The summed E-state index contributed by atoms with van der Waals surface area (Å²) in [5, 5.41) is 90.7. The third kappa shape index (κ3) is 5.37. The zero-order valence-corrected chi connectivity index (χ0v) is 21.9. The van der Waals surface area contributed by atoms with Gasteiger partial charge in [0.1, 0.15) is 70.9 Å². The van der Waals surface area contributed by atoms with Crippen molar-refractivity contribution < 1.29 is 69.3 Å². The maximum Gasteiger partial charge on any atom is 0.239 e. The van der Waals surface area contributed by atoms with Crippen LogP contribution in [0.1, 0.15) is 6.92 Å². The van der Waals surface area contributed by atoms with Crippen molar-refractivity contribution in [3.8, 4) is 34.3 Å². The van der Waals surface area contributed by atoms with Gasteiger partial charge in [-0.05, 0) is 31.2 Å². The second-order valence-electron chi connectivity index (χ2n) is 10.1. The molecule has 2 aliphatic rings. The molecule has 0 unspecified atom stereocenters. The zero-order chi connectivity index (χ0) is 30.5. The fraction of sp³-hybridized carbons (Fsp3) is 0.444. The molecule has 0 spiro atoms. The molecule has 0 amide bonds. The number of aromatic hydroxyl groups is 2. The van der Waals surface area contributed by atoms with Crippen LogP contribution in [0.3, 0.4) is 0 Å². The fourth-order valence-corrected chi connectivity index (χ4v) is 4.76. The molecule has 3 aromatic rings. The summed E-state index contributed by atoms with van der Waals surface area (Å²) in [5.41, 5.74) is -1.01. The minimum Gasteiger partial charge on any atom is -0.508 e. The van der Waals surface area contributed by atoms with Gasteiger partial charge in [-0.1, -0.05) is 0 Å². The molecule has 228 valence electrons. The molecular weight excluding hydrogens is 564 g/mol. The van der Waals surface area contributed by atoms with E-state index in [0.29, 0.717) is 0 Å². The average molecular weight is 595 g/mol. The Hall–Kier alpha value is -3.51. The van der Waals surface area contributed by atoms with Crippen molar-refractivity contribution in [2.45, 2.75) is 68.3 Å². The molecule has 1 aromatic heterocycles. The van der Waals surface area contributed by atoms with Gasteiger partial charge in [0.25, 0.3) is 0 Å². The lowest BCUT2D eigenvalue weighted by molar-refractivity contribution is -0.277. The second-order valence-corrected chi connectivity index (χ2v) is 10.1. The number of hydrogen-bond acceptors (Lipinski definition) is 15. The van der Waals surface area contributed by atoms with Crippen LogP contribution in [0, 0.1) is 0 Å². The number of hydrogen-bond donors (Lipinski definition) is 9. The van der Waals surface area contributed by atoms with Gasteiger partial charge in [0.15, 0.2) is 5.76 Å². The number of fused-ring (bicyclic) bond motifs is 1. The van der Waals surface area contributed by atoms with Crippen LogP contribution in [0.4, 0.5) is 0 Å². The Morgan fingerprint density at radius 1 is 0.786 bits per heavy atom. The molecule has 2 fully saturated rings. The number of aliphatic hydroxyl groups excluding tert-OH is 7. The topological polar surface area (TPSA) is 249 Å². The summed E-state index contributed by atoms with van der Waals surface area (Å²) < 4.78 is 28.0. The fourth-order valence-electron chi connectivity index (χ4n) is 4.76. The van der Waals surface area contributed by atoms with Crippen LogP contribution in [0.5, 0.6) is 23.0 Å². The van der Waals surface area contributed by atoms with Crippen LogP contribution in [-0.2, 0) is 9.47 Å². The maximum absolute atomic E-state index is 13.7. The Morgan fingerprint density at radius 2 is 1.40 bits per heavy atom. The van der Waals surface area contributed by atoms with Gasteiger partial charge in [0, 0.05) is 17.7 Å². The molecule has 0 radical (unpaired) electrons. The van der Waals surface area contributed by atoms with E-state index in [9.17, 15) is 50.8 Å². The molecule has 0 aliphatic carbocycles. The van der Waals surface area contributed by atoms with Gasteiger partial charge in [-0.25, -0.2) is 0 Å². The Morgan fingerprint density at radius 3 is 2.05 bits per heavy atom. The third-order valence-electron chi connectivity index (χ3n) is 7.18. The Bertz CT molecular complexity index is 1470. The van der Waals surface area contributed by atoms with E-state index in [-0.39, 0.29) is 28.4 Å². The highest BCUT2D eigenvalue weighted by molar-refractivity contribution is 5.88. The van der Waals surface area contributed by atoms with Crippen molar-refractivity contribution >= 4 is 11.0 Å². The lowest BCUT2D eigenvalue weighted by Crippen LogP contribution is -2.60. The van der Waals surface area contributed by atoms with Crippen molar-refractivity contribution in [1.29, 1.82) is 0 Å². The van der Waals surface area contributed by atoms with Gasteiger partial charge < -0.3 is 69.3 Å². The van der Waals surface area contributed by atoms with E-state index in [1.807, 2.05) is 0 Å². The molecule has 9 N–H and O–H groups in total. The van der Waals surface area contributed by atoms with Crippen LogP contribution < -0.4 is 14.9 Å². The third-order valence-corrected chi connectivity index (χ3v) is 7.18. The SMILES string of the molecule is C[C@H]1O[C@@H](Oc2cc(O)c3c(=O)c(O[C@H]4O[C@H](CO)[C@H](O)[C@H](O)[C@H]4O)c(-c4ccc(O)cc4)oc3c2)[C@H](O)[C@H](O)[C@H]1O. The summed E-state index contributed by atoms with van der Waals surface area (Å²) in [6, 6.07) is 7.53. The van der Waals surface area contributed by atoms with Gasteiger partial charge in [-0.2, -0.15) is 0 Å². The van der Waals surface area contributed by atoms with E-state index in [0.717, 1.165) is 6.07 Å². The largest absolute Gasteiger partial charge is 0.508 e. The van der Waals surface area contributed by atoms with Crippen LogP contribution >= 0.6 is 0 Å². The summed E-state index contributed by atoms with van der Waals surface area (Å²) in [7, 11) is 0. The Kier molecular flexibility index (Phi) is 8.30. The average Bonchev–Trinajstić information content (AvgIpc) is 2.96. The van der Waals surface area contributed by atoms with Crippen molar-refractivity contribution in [2.24, 2.45) is 0 Å². The van der Waals surface area contributed by atoms with Crippen LogP contribution in [0.2, 0.25) is 0 Å². The summed E-state index contributed by atoms with van der Waals surface area (Å²) in [6.07, 6.45) is -15.5. The maximum atomic E-state index is 13.7. The number of phenolic OH excluding ortho intramolecular Hbond substituents is 2. The number of benzene rings is 2. The summed E-state index contributed by atoms with van der Waals surface area (Å²) >= 11 is 0. The monoisotopic (exact) mass is 594 g/mol. The zero-order valence-electron chi connectivity index (χ0n) is 21.9. The number of aliphatic hydroxyl groups is 7. The minimum atomic E-state index is -1.87. The highest BCUT2D eigenvalue weighted by atomic mass is 16.7. The molecule has 0 bridgehead atoms. The second kappa shape index (κ2) is 11.6. The van der Waals surface area contributed by atoms with Gasteiger partial charge >= 0.3 is 0 Å². The predicted octanol–water partition coefficient (Wildman–Crippen LogP) is -1.74. The molecule has 10 atom stereocenters. The Labute approximate surface area is 236 Å². The van der Waals surface area contributed by atoms with Crippen LogP contribution in [0.25, 0.3) is 22.3 Å². The standard InChI is InChI=1S/C27H30O15/c1-9-17(31)20(34)22(36)26(38-9)39-12-6-13(30)16-14(7-12)40-24(10-2-4-11(29)5-3-10)25(19(16)33)42-27-23(37)21(35)18(32)15(8-28)41-27/h2-7,9,15,17-18,20-23,26-32,34-37H,8H2,1H3/t9-,15-,17+,18+,20-,21+,22-,23-,26+,27-/m1/s1. The van der Waals surface area contributed by atoms with E-state index in [1.165, 1.54) is 37.3 Å². The molecule has 3 heterocycles. The number of rotatable bonds is 6. The quantitative estimate of drug-likeness (QED) is 0.154. The number of phenols is 2. The lowest BCUT2D eigenvalue weighted by atomic mass is 9.99. The first-order valence-corrected chi connectivity index (χ1v) is 12.9. The predicted molar refractivity (Wildman–Crippen MR) is 139 cm³/mol. The van der Waals surface area contributed by atoms with E-state index in [4.69, 9.17) is 23.4 Å². The van der Waals surface area contributed by atoms with Gasteiger partial charge in [-0.3, -0.25) is 4.79 Å². The molecular formula is C27H30O15. The molecule has 2 aromatic carbocycles. The normalized spacial score (nSPS) is 33.4. The first-order valence-electron chi connectivity index (χ1n) is 12.9. The molecule has 2 aliphatic heterocycles. The lowest BCUT2D eigenvalue weighted by Gasteiger charge is -2.39. The number of ether oxygens (including phenoxy) is 4. The molecule has 2 saturated heterocycles. The van der Waals surface area contributed by atoms with Gasteiger partial charge in [0.2, 0.25) is 23.8 Å². The van der Waals surface area contributed by atoms with Crippen molar-refractivity contribution in [3.05, 3.63) is 46.6 Å². The minimum absolute atomic E-state index is 0.112. The summed E-state index contributed by atoms with van der Waals surface area (Å²) in [4.78, 5) is 13.7. The van der Waals surface area contributed by atoms with Gasteiger partial charge in [0.05, 0.1) is 12.7 Å². The van der Waals surface area contributed by atoms with Crippen LogP contribution in [-0.4, -0.2) is 114 Å². The summed E-state index contributed by atoms with van der Waals surface area (Å²) in [5.74, 6) is -1.77. The molecule has 42 heavy (non-hydrogen) atoms. The highest BCUT2D eigenvalue weighted by Crippen LogP contribution is 2.38. The Balaban J connectivity index is 1.58. The van der Waals surface area contributed by atoms with Crippen molar-refractivity contribution in [2.75, 3.05) is 6.61 Å². The molecule has 0 saturated carbocycles. The first-order chi connectivity index (χ1) is 19.9. The van der Waals surface area contributed by atoms with E-state index in [1.54, 1.807) is 0 Å². The summed E-state index contributed by atoms with van der Waals surface area (Å²) in [6.45, 7) is 0.702. The van der Waals surface area contributed by atoms with Crippen molar-refractivity contribution in [1.82, 2.24) is 0 Å². The molecule has 15 nitrogen and oxygen atoms in total. The van der Waals surface area contributed by atoms with E-state index in [2.05, 4.69) is 0 Å². The van der Waals surface area contributed by atoms with Crippen molar-refractivity contribution in [3.63, 3.8) is 0 Å². The smallest absolute Gasteiger partial charge is 0.239 e. The van der Waals surface area contributed by atoms with Gasteiger partial charge in [-0.15, -0.1) is 0 Å². The highest BCUT2D eigenvalue weighted by Gasteiger charge is 2.46. The first kappa shape index (κ1) is 30.0. The van der Waals surface area contributed by atoms with E-state index >= 15 is 0 Å². The molecule has 5 rings (SSSR count). The van der Waals surface area contributed by atoms with E-state index < -0.39 is 90.3 Å².